The molecule has 190 valence electrons. The van der Waals surface area contributed by atoms with Crippen molar-refractivity contribution >= 4 is 29.5 Å². The molecule has 2 aliphatic heterocycles. The monoisotopic (exact) mass is 510 g/mol. The number of rotatable bonds is 6. The molecule has 2 atom stereocenters. The topological polar surface area (TPSA) is 82.2 Å². The van der Waals surface area contributed by atoms with Crippen molar-refractivity contribution in [1.82, 2.24) is 20.0 Å². The summed E-state index contributed by atoms with van der Waals surface area (Å²) in [5.41, 5.74) is 2.45. The van der Waals surface area contributed by atoms with Crippen molar-refractivity contribution < 1.29 is 19.1 Å². The fraction of sp³-hybridized carbons (Fsp3) is 0.370. The highest BCUT2D eigenvalue weighted by atomic mass is 35.5. The molecule has 8 nitrogen and oxygen atoms in total. The molecule has 9 heteroatoms. The largest absolute Gasteiger partial charge is 0.463 e. The Labute approximate surface area is 216 Å². The molecule has 2 aromatic rings. The van der Waals surface area contributed by atoms with Crippen LogP contribution in [-0.4, -0.2) is 78.5 Å². The molecule has 1 fully saturated rings. The maximum Gasteiger partial charge on any atom is 0.338 e. The van der Waals surface area contributed by atoms with Crippen LogP contribution < -0.4 is 5.32 Å². The second-order valence-corrected chi connectivity index (χ2v) is 9.46. The SMILES string of the molecule is CCOC(=O)C1=C(CN2CCN(C(=O)c3ccc(Cl)cc3)C(C)C2)N(C)C(=O)NC1c1ccccc1. The number of carbonyl (C=O) groups is 3. The van der Waals surface area contributed by atoms with Crippen molar-refractivity contribution in [3.8, 4) is 0 Å². The summed E-state index contributed by atoms with van der Waals surface area (Å²) in [6.45, 7) is 6.12. The molecule has 0 aromatic heterocycles. The number of esters is 1. The van der Waals surface area contributed by atoms with Crippen molar-refractivity contribution in [2.24, 2.45) is 0 Å². The maximum atomic E-state index is 13.1. The van der Waals surface area contributed by atoms with E-state index in [0.29, 0.717) is 48.0 Å². The van der Waals surface area contributed by atoms with Gasteiger partial charge in [0.1, 0.15) is 0 Å². The Morgan fingerprint density at radius 1 is 1.08 bits per heavy atom. The van der Waals surface area contributed by atoms with E-state index >= 15 is 0 Å². The summed E-state index contributed by atoms with van der Waals surface area (Å²) >= 11 is 5.97. The third-order valence-electron chi connectivity index (χ3n) is 6.64. The Morgan fingerprint density at radius 3 is 2.42 bits per heavy atom. The molecule has 2 aromatic carbocycles. The van der Waals surface area contributed by atoms with Crippen molar-refractivity contribution in [3.05, 3.63) is 82.0 Å². The molecule has 1 saturated heterocycles. The van der Waals surface area contributed by atoms with Crippen LogP contribution in [0.3, 0.4) is 0 Å². The lowest BCUT2D eigenvalue weighted by atomic mass is 9.94. The van der Waals surface area contributed by atoms with E-state index in [9.17, 15) is 14.4 Å². The van der Waals surface area contributed by atoms with E-state index in [1.165, 1.54) is 4.90 Å². The van der Waals surface area contributed by atoms with E-state index in [0.717, 1.165) is 5.56 Å². The first-order chi connectivity index (χ1) is 17.3. The Morgan fingerprint density at radius 2 is 1.78 bits per heavy atom. The molecule has 4 rings (SSSR count). The average molecular weight is 511 g/mol. The Kier molecular flexibility index (Phi) is 7.96. The number of ether oxygens (including phenoxy) is 1. The normalized spacial score (nSPS) is 20.8. The summed E-state index contributed by atoms with van der Waals surface area (Å²) < 4.78 is 5.41. The number of nitrogens with zero attached hydrogens (tertiary/aromatic N) is 3. The minimum atomic E-state index is -0.603. The van der Waals surface area contributed by atoms with Crippen LogP contribution in [-0.2, 0) is 9.53 Å². The van der Waals surface area contributed by atoms with Crippen LogP contribution in [0.15, 0.2) is 65.9 Å². The van der Waals surface area contributed by atoms with Crippen molar-refractivity contribution in [2.75, 3.05) is 39.8 Å². The number of hydrogen-bond acceptors (Lipinski definition) is 5. The second-order valence-electron chi connectivity index (χ2n) is 9.02. The molecule has 2 unspecified atom stereocenters. The Hall–Kier alpha value is -3.36. The van der Waals surface area contributed by atoms with Gasteiger partial charge < -0.3 is 15.0 Å². The minimum absolute atomic E-state index is 0.0384. The molecule has 2 aliphatic rings. The number of urea groups is 1. The van der Waals surface area contributed by atoms with Crippen LogP contribution in [0.1, 0.15) is 35.8 Å². The molecule has 0 spiro atoms. The fourth-order valence-corrected chi connectivity index (χ4v) is 4.87. The van der Waals surface area contributed by atoms with E-state index in [-0.39, 0.29) is 24.6 Å². The minimum Gasteiger partial charge on any atom is -0.463 e. The highest BCUT2D eigenvalue weighted by Gasteiger charge is 2.38. The summed E-state index contributed by atoms with van der Waals surface area (Å²) in [6, 6.07) is 15.4. The van der Waals surface area contributed by atoms with Gasteiger partial charge in [-0.1, -0.05) is 41.9 Å². The summed E-state index contributed by atoms with van der Waals surface area (Å²) in [5, 5.41) is 3.53. The number of halogens is 1. The first kappa shape index (κ1) is 25.7. The van der Waals surface area contributed by atoms with Gasteiger partial charge in [-0.2, -0.15) is 0 Å². The lowest BCUT2D eigenvalue weighted by Gasteiger charge is -2.42. The number of hydrogen-bond donors (Lipinski definition) is 1. The number of likely N-dealkylation sites (N-methyl/N-ethyl adjacent to an activating group) is 1. The number of benzene rings is 2. The molecule has 0 bridgehead atoms. The van der Waals surface area contributed by atoms with Crippen molar-refractivity contribution in [1.29, 1.82) is 0 Å². The van der Waals surface area contributed by atoms with Crippen molar-refractivity contribution in [2.45, 2.75) is 25.9 Å². The van der Waals surface area contributed by atoms with Crippen LogP contribution >= 0.6 is 11.6 Å². The maximum absolute atomic E-state index is 13.1. The predicted molar refractivity (Wildman–Crippen MR) is 138 cm³/mol. The molecule has 1 N–H and O–H groups in total. The Bertz CT molecular complexity index is 1150. The lowest BCUT2D eigenvalue weighted by Crippen LogP contribution is -2.56. The molecule has 36 heavy (non-hydrogen) atoms. The van der Waals surface area contributed by atoms with Gasteiger partial charge in [0.05, 0.1) is 18.2 Å². The van der Waals surface area contributed by atoms with E-state index in [1.807, 2.05) is 42.2 Å². The van der Waals surface area contributed by atoms with E-state index < -0.39 is 12.0 Å². The zero-order valence-electron chi connectivity index (χ0n) is 20.7. The molecule has 0 radical (unpaired) electrons. The van der Waals surface area contributed by atoms with E-state index in [1.54, 1.807) is 38.2 Å². The van der Waals surface area contributed by atoms with E-state index in [4.69, 9.17) is 16.3 Å². The number of amides is 3. The van der Waals surface area contributed by atoms with Crippen LogP contribution in [0.25, 0.3) is 0 Å². The van der Waals surface area contributed by atoms with Crippen LogP contribution in [0.4, 0.5) is 4.79 Å². The summed E-state index contributed by atoms with van der Waals surface area (Å²) in [7, 11) is 1.66. The predicted octanol–water partition coefficient (Wildman–Crippen LogP) is 3.70. The second kappa shape index (κ2) is 11.1. The quantitative estimate of drug-likeness (QED) is 0.599. The van der Waals surface area contributed by atoms with E-state index in [2.05, 4.69) is 10.2 Å². The highest BCUT2D eigenvalue weighted by Crippen LogP contribution is 2.31. The molecule has 0 saturated carbocycles. The van der Waals surface area contributed by atoms with Crippen molar-refractivity contribution in [3.63, 3.8) is 0 Å². The van der Waals surface area contributed by atoms with Gasteiger partial charge in [0.2, 0.25) is 0 Å². The summed E-state index contributed by atoms with van der Waals surface area (Å²) in [6.07, 6.45) is 0. The zero-order valence-corrected chi connectivity index (χ0v) is 21.5. The number of piperazine rings is 1. The molecule has 2 heterocycles. The van der Waals surface area contributed by atoms with Crippen LogP contribution in [0.2, 0.25) is 5.02 Å². The molecule has 0 aliphatic carbocycles. The number of carbonyl (C=O) groups excluding carboxylic acids is 3. The van der Waals surface area contributed by atoms with Gasteiger partial charge in [-0.05, 0) is 43.7 Å². The first-order valence-corrected chi connectivity index (χ1v) is 12.5. The fourth-order valence-electron chi connectivity index (χ4n) is 4.74. The Balaban J connectivity index is 1.58. The lowest BCUT2D eigenvalue weighted by molar-refractivity contribution is -0.139. The van der Waals surface area contributed by atoms with Gasteiger partial charge >= 0.3 is 12.0 Å². The van der Waals surface area contributed by atoms with Gasteiger partial charge in [-0.25, -0.2) is 9.59 Å². The highest BCUT2D eigenvalue weighted by molar-refractivity contribution is 6.30. The van der Waals surface area contributed by atoms with Crippen LogP contribution in [0, 0.1) is 0 Å². The molecular formula is C27H31ClN4O4. The molecular weight excluding hydrogens is 480 g/mol. The number of nitrogens with one attached hydrogen (secondary N) is 1. The summed E-state index contributed by atoms with van der Waals surface area (Å²) in [4.78, 5) is 44.6. The third-order valence-corrected chi connectivity index (χ3v) is 6.89. The smallest absolute Gasteiger partial charge is 0.338 e. The molecule has 3 amide bonds. The van der Waals surface area contributed by atoms with Gasteiger partial charge in [0, 0.05) is 55.6 Å². The average Bonchev–Trinajstić information content (AvgIpc) is 2.87. The zero-order chi connectivity index (χ0) is 25.8. The van der Waals surface area contributed by atoms with Gasteiger partial charge in [-0.15, -0.1) is 0 Å². The van der Waals surface area contributed by atoms with Gasteiger partial charge in [-0.3, -0.25) is 14.6 Å². The van der Waals surface area contributed by atoms with Gasteiger partial charge in [0.15, 0.2) is 0 Å². The third kappa shape index (κ3) is 5.39. The summed E-state index contributed by atoms with van der Waals surface area (Å²) in [5.74, 6) is -0.485. The first-order valence-electron chi connectivity index (χ1n) is 12.1. The van der Waals surface area contributed by atoms with Gasteiger partial charge in [0.25, 0.3) is 5.91 Å². The standard InChI is InChI=1S/C27H31ClN4O4/c1-4-36-26(34)23-22(30(3)27(35)29-24(23)19-8-6-5-7-9-19)17-31-14-15-32(18(2)16-31)25(33)20-10-12-21(28)13-11-20/h5-13,18,24H,4,14-17H2,1-3H3,(H,29,35). The van der Waals surface area contributed by atoms with Crippen LogP contribution in [0.5, 0.6) is 0 Å².